The summed E-state index contributed by atoms with van der Waals surface area (Å²) in [4.78, 5) is 37.0. The third-order valence-corrected chi connectivity index (χ3v) is 6.76. The van der Waals surface area contributed by atoms with Crippen LogP contribution in [0.5, 0.6) is 23.0 Å². The minimum absolute atomic E-state index is 0.108. The number of aromatic nitrogens is 1. The lowest BCUT2D eigenvalue weighted by molar-refractivity contribution is -0.141. The van der Waals surface area contributed by atoms with E-state index < -0.39 is 30.0 Å². The molecule has 0 radical (unpaired) electrons. The molecule has 0 saturated heterocycles. The SMILES string of the molecule is COC(=O)CC(c1ccc(OCCc2ccc3c(c2)CCO3)c(OC)c1)c1c(O)cc(C)n(CC(=O)O)c1=O. The van der Waals surface area contributed by atoms with Gasteiger partial charge in [-0.3, -0.25) is 14.4 Å². The van der Waals surface area contributed by atoms with Gasteiger partial charge in [-0.2, -0.15) is 0 Å². The lowest BCUT2D eigenvalue weighted by atomic mass is 9.88. The summed E-state index contributed by atoms with van der Waals surface area (Å²) >= 11 is 0. The van der Waals surface area contributed by atoms with Crippen molar-refractivity contribution in [3.63, 3.8) is 0 Å². The molecule has 2 aromatic carbocycles. The number of aromatic hydroxyl groups is 1. The fraction of sp³-hybridized carbons (Fsp3) is 0.345. The Kier molecular flexibility index (Phi) is 8.43. The molecule has 39 heavy (non-hydrogen) atoms. The van der Waals surface area contributed by atoms with Gasteiger partial charge in [-0.1, -0.05) is 18.2 Å². The predicted octanol–water partition coefficient (Wildman–Crippen LogP) is 3.21. The van der Waals surface area contributed by atoms with Gasteiger partial charge in [0.05, 0.1) is 39.4 Å². The van der Waals surface area contributed by atoms with Gasteiger partial charge < -0.3 is 33.7 Å². The van der Waals surface area contributed by atoms with E-state index in [1.54, 1.807) is 18.2 Å². The van der Waals surface area contributed by atoms with Crippen LogP contribution in [0.25, 0.3) is 0 Å². The highest BCUT2D eigenvalue weighted by atomic mass is 16.5. The zero-order chi connectivity index (χ0) is 28.1. The molecule has 4 rings (SSSR count). The molecule has 1 unspecified atom stereocenters. The molecule has 3 aromatic rings. The Morgan fingerprint density at radius 1 is 1.10 bits per heavy atom. The Morgan fingerprint density at radius 2 is 1.90 bits per heavy atom. The van der Waals surface area contributed by atoms with Crippen molar-refractivity contribution < 1.29 is 38.7 Å². The van der Waals surface area contributed by atoms with E-state index in [-0.39, 0.29) is 23.4 Å². The number of benzene rings is 2. The van der Waals surface area contributed by atoms with Crippen LogP contribution in [-0.4, -0.2) is 54.2 Å². The molecule has 2 N–H and O–H groups in total. The van der Waals surface area contributed by atoms with E-state index in [1.807, 2.05) is 12.1 Å². The fourth-order valence-corrected chi connectivity index (χ4v) is 4.76. The molecule has 0 fully saturated rings. The van der Waals surface area contributed by atoms with Crippen LogP contribution in [-0.2, 0) is 33.7 Å². The molecule has 1 aliphatic heterocycles. The number of nitrogens with zero attached hydrogens (tertiary/aromatic N) is 1. The number of aliphatic carboxylic acids is 1. The molecule has 2 heterocycles. The standard InChI is InChI=1S/C29H31NO9/c1-17-12-22(31)28(29(35)30(17)16-26(32)33)21(15-27(34)37-3)19-5-7-24(25(14-19)36-2)39-10-8-18-4-6-23-20(13-18)9-11-38-23/h4-7,12-14,21,31H,8-11,15-16H2,1-3H3,(H,32,33). The van der Waals surface area contributed by atoms with Gasteiger partial charge >= 0.3 is 11.9 Å². The number of carboxylic acids is 1. The number of hydrogen-bond acceptors (Lipinski definition) is 8. The van der Waals surface area contributed by atoms with Gasteiger partial charge in [0.1, 0.15) is 18.0 Å². The third-order valence-electron chi connectivity index (χ3n) is 6.76. The van der Waals surface area contributed by atoms with E-state index >= 15 is 0 Å². The average molecular weight is 538 g/mol. The maximum atomic E-state index is 13.3. The smallest absolute Gasteiger partial charge is 0.323 e. The molecular weight excluding hydrogens is 506 g/mol. The second kappa shape index (κ2) is 11.9. The van der Waals surface area contributed by atoms with Crippen molar-refractivity contribution in [2.75, 3.05) is 27.4 Å². The number of pyridine rings is 1. The van der Waals surface area contributed by atoms with E-state index in [1.165, 1.54) is 32.8 Å². The highest BCUT2D eigenvalue weighted by molar-refractivity contribution is 5.72. The Hall–Kier alpha value is -4.47. The van der Waals surface area contributed by atoms with Crippen LogP contribution >= 0.6 is 0 Å². The Bertz CT molecular complexity index is 1440. The highest BCUT2D eigenvalue weighted by Crippen LogP contribution is 2.37. The van der Waals surface area contributed by atoms with Crippen molar-refractivity contribution >= 4 is 11.9 Å². The Labute approximate surface area is 225 Å². The van der Waals surface area contributed by atoms with Crippen molar-refractivity contribution in [3.8, 4) is 23.0 Å². The first kappa shape index (κ1) is 27.6. The lowest BCUT2D eigenvalue weighted by Gasteiger charge is -2.21. The zero-order valence-corrected chi connectivity index (χ0v) is 22.1. The minimum Gasteiger partial charge on any atom is -0.507 e. The lowest BCUT2D eigenvalue weighted by Crippen LogP contribution is -2.30. The molecule has 0 spiro atoms. The van der Waals surface area contributed by atoms with Crippen molar-refractivity contribution in [1.29, 1.82) is 0 Å². The molecule has 0 amide bonds. The second-order valence-corrected chi connectivity index (χ2v) is 9.25. The first-order chi connectivity index (χ1) is 18.7. The van der Waals surface area contributed by atoms with Gasteiger partial charge in [0, 0.05) is 24.5 Å². The van der Waals surface area contributed by atoms with Crippen molar-refractivity contribution in [3.05, 3.63) is 80.8 Å². The molecule has 1 atom stereocenters. The summed E-state index contributed by atoms with van der Waals surface area (Å²) in [6.07, 6.45) is 1.30. The number of methoxy groups -OCH3 is 2. The molecule has 10 heteroatoms. The third kappa shape index (κ3) is 6.17. The summed E-state index contributed by atoms with van der Waals surface area (Å²) in [5.41, 5.74) is 2.26. The molecule has 206 valence electrons. The summed E-state index contributed by atoms with van der Waals surface area (Å²) in [5.74, 6) is -1.32. The second-order valence-electron chi connectivity index (χ2n) is 9.25. The normalized spacial score (nSPS) is 12.8. The van der Waals surface area contributed by atoms with Gasteiger partial charge in [0.2, 0.25) is 0 Å². The largest absolute Gasteiger partial charge is 0.507 e. The topological polar surface area (TPSA) is 134 Å². The van der Waals surface area contributed by atoms with E-state index in [0.717, 1.165) is 22.3 Å². The van der Waals surface area contributed by atoms with Crippen LogP contribution in [0, 0.1) is 6.92 Å². The van der Waals surface area contributed by atoms with E-state index in [9.17, 15) is 24.6 Å². The molecular formula is C29H31NO9. The number of esters is 1. The number of hydrogen-bond donors (Lipinski definition) is 2. The van der Waals surface area contributed by atoms with Crippen LogP contribution in [0.4, 0.5) is 0 Å². The molecule has 10 nitrogen and oxygen atoms in total. The molecule has 0 bridgehead atoms. The molecule has 1 aliphatic rings. The minimum atomic E-state index is -1.21. The van der Waals surface area contributed by atoms with Gasteiger partial charge in [-0.05, 0) is 47.9 Å². The van der Waals surface area contributed by atoms with Crippen molar-refractivity contribution in [1.82, 2.24) is 4.57 Å². The summed E-state index contributed by atoms with van der Waals surface area (Å²) in [6.45, 7) is 2.02. The first-order valence-electron chi connectivity index (χ1n) is 12.5. The van der Waals surface area contributed by atoms with E-state index in [0.29, 0.717) is 36.7 Å². The maximum Gasteiger partial charge on any atom is 0.323 e. The highest BCUT2D eigenvalue weighted by Gasteiger charge is 2.28. The summed E-state index contributed by atoms with van der Waals surface area (Å²) < 4.78 is 23.0. The average Bonchev–Trinajstić information content (AvgIpc) is 3.38. The quantitative estimate of drug-likeness (QED) is 0.354. The van der Waals surface area contributed by atoms with Crippen molar-refractivity contribution in [2.24, 2.45) is 0 Å². The van der Waals surface area contributed by atoms with Crippen LogP contribution in [0.1, 0.15) is 40.3 Å². The molecule has 0 aliphatic carbocycles. The van der Waals surface area contributed by atoms with E-state index in [4.69, 9.17) is 18.9 Å². The van der Waals surface area contributed by atoms with Gasteiger partial charge in [0.25, 0.3) is 5.56 Å². The van der Waals surface area contributed by atoms with Crippen LogP contribution < -0.4 is 19.8 Å². The fourth-order valence-electron chi connectivity index (χ4n) is 4.76. The number of aryl methyl sites for hydroxylation is 1. The van der Waals surface area contributed by atoms with E-state index in [2.05, 4.69) is 6.07 Å². The Morgan fingerprint density at radius 3 is 2.62 bits per heavy atom. The predicted molar refractivity (Wildman–Crippen MR) is 141 cm³/mol. The van der Waals surface area contributed by atoms with Gasteiger partial charge in [0.15, 0.2) is 11.5 Å². The molecule has 1 aromatic heterocycles. The maximum absolute atomic E-state index is 13.3. The number of carboxylic acid groups (broad SMARTS) is 1. The van der Waals surface area contributed by atoms with Crippen molar-refractivity contribution in [2.45, 2.75) is 38.6 Å². The zero-order valence-electron chi connectivity index (χ0n) is 22.1. The van der Waals surface area contributed by atoms with Crippen LogP contribution in [0.15, 0.2) is 47.3 Å². The number of carbonyl (C=O) groups is 2. The number of carbonyl (C=O) groups excluding carboxylic acids is 1. The van der Waals surface area contributed by atoms with Crippen LogP contribution in [0.2, 0.25) is 0 Å². The Balaban J connectivity index is 1.62. The first-order valence-corrected chi connectivity index (χ1v) is 12.5. The van der Waals surface area contributed by atoms with Gasteiger partial charge in [-0.25, -0.2) is 0 Å². The number of fused-ring (bicyclic) bond motifs is 1. The summed E-state index contributed by atoms with van der Waals surface area (Å²) in [7, 11) is 2.70. The van der Waals surface area contributed by atoms with Gasteiger partial charge in [-0.15, -0.1) is 0 Å². The van der Waals surface area contributed by atoms with Crippen LogP contribution in [0.3, 0.4) is 0 Å². The summed E-state index contributed by atoms with van der Waals surface area (Å²) in [5, 5.41) is 20.0. The number of rotatable bonds is 11. The summed E-state index contributed by atoms with van der Waals surface area (Å²) in [6, 6.07) is 12.4. The number of ether oxygens (including phenoxy) is 4. The molecule has 0 saturated carbocycles. The monoisotopic (exact) mass is 537 g/mol.